The Morgan fingerprint density at radius 2 is 2.08 bits per heavy atom. The van der Waals surface area contributed by atoms with Gasteiger partial charge in [0.25, 0.3) is 0 Å². The van der Waals surface area contributed by atoms with Gasteiger partial charge in [-0.05, 0) is 26.8 Å². The second kappa shape index (κ2) is 7.09. The fourth-order valence-electron chi connectivity index (χ4n) is 3.38. The molecule has 2 aromatic rings. The first-order valence-corrected chi connectivity index (χ1v) is 8.52. The van der Waals surface area contributed by atoms with Gasteiger partial charge in [-0.25, -0.2) is 4.79 Å². The molecular weight excluding hydrogens is 336 g/mol. The first-order valence-electron chi connectivity index (χ1n) is 8.52. The smallest absolute Gasteiger partial charge is 0.408 e. The molecule has 1 aromatic heterocycles. The van der Waals surface area contributed by atoms with Gasteiger partial charge in [0, 0.05) is 30.1 Å². The summed E-state index contributed by atoms with van der Waals surface area (Å²) < 4.78 is 18.2. The fraction of sp³-hybridized carbons (Fsp3) is 0.474. The van der Waals surface area contributed by atoms with Crippen LogP contribution in [0.5, 0.6) is 0 Å². The Hall–Kier alpha value is -2.38. The number of carbonyl (C=O) groups is 2. The molecule has 0 spiro atoms. The van der Waals surface area contributed by atoms with Crippen molar-refractivity contribution in [3.63, 3.8) is 0 Å². The summed E-state index contributed by atoms with van der Waals surface area (Å²) in [5.74, 6) is 0. The molecule has 1 N–H and O–H groups in total. The SMILES string of the molecule is COCO[C@@H]1c2c(C=O)c3ccccc3n2C[C@@H]1NC(=O)OC(C)(C)C. The second-order valence-electron chi connectivity index (χ2n) is 7.29. The van der Waals surface area contributed by atoms with E-state index in [9.17, 15) is 9.59 Å². The third-order valence-corrected chi connectivity index (χ3v) is 4.25. The van der Waals surface area contributed by atoms with Gasteiger partial charge in [-0.2, -0.15) is 0 Å². The zero-order valence-corrected chi connectivity index (χ0v) is 15.4. The number of aldehydes is 1. The van der Waals surface area contributed by atoms with E-state index in [0.717, 1.165) is 22.9 Å². The van der Waals surface area contributed by atoms with Crippen molar-refractivity contribution in [3.05, 3.63) is 35.5 Å². The van der Waals surface area contributed by atoms with E-state index in [1.165, 1.54) is 7.11 Å². The van der Waals surface area contributed by atoms with E-state index >= 15 is 0 Å². The van der Waals surface area contributed by atoms with Crippen molar-refractivity contribution in [3.8, 4) is 0 Å². The molecule has 1 amide bonds. The number of alkyl carbamates (subject to hydrolysis) is 1. The Morgan fingerprint density at radius 1 is 1.35 bits per heavy atom. The van der Waals surface area contributed by atoms with Crippen molar-refractivity contribution in [1.82, 2.24) is 9.88 Å². The van der Waals surface area contributed by atoms with Gasteiger partial charge < -0.3 is 24.1 Å². The van der Waals surface area contributed by atoms with Crippen LogP contribution in [0.2, 0.25) is 0 Å². The molecule has 0 fully saturated rings. The Kier molecular flexibility index (Phi) is 5.02. The van der Waals surface area contributed by atoms with Crippen molar-refractivity contribution >= 4 is 23.3 Å². The quantitative estimate of drug-likeness (QED) is 0.655. The lowest BCUT2D eigenvalue weighted by Gasteiger charge is -2.24. The number of carbonyl (C=O) groups excluding carboxylic acids is 2. The van der Waals surface area contributed by atoms with Gasteiger partial charge >= 0.3 is 6.09 Å². The zero-order valence-electron chi connectivity index (χ0n) is 15.4. The molecule has 140 valence electrons. The van der Waals surface area contributed by atoms with Gasteiger partial charge in [-0.3, -0.25) is 4.79 Å². The van der Waals surface area contributed by atoms with Crippen LogP contribution in [0.3, 0.4) is 0 Å². The number of ether oxygens (including phenoxy) is 3. The van der Waals surface area contributed by atoms with E-state index < -0.39 is 17.8 Å². The van der Waals surface area contributed by atoms with Crippen LogP contribution in [-0.4, -0.2) is 42.5 Å². The minimum absolute atomic E-state index is 0.0526. The molecule has 1 aliphatic rings. The molecule has 7 nitrogen and oxygen atoms in total. The molecule has 2 heterocycles. The van der Waals surface area contributed by atoms with Gasteiger partial charge in [0.05, 0.1) is 11.7 Å². The summed E-state index contributed by atoms with van der Waals surface area (Å²) in [6.45, 7) is 5.96. The first-order chi connectivity index (χ1) is 12.4. The Bertz CT molecular complexity index is 821. The van der Waals surface area contributed by atoms with Gasteiger partial charge in [-0.15, -0.1) is 0 Å². The molecule has 2 atom stereocenters. The molecule has 0 bridgehead atoms. The Balaban J connectivity index is 1.95. The van der Waals surface area contributed by atoms with E-state index in [2.05, 4.69) is 5.32 Å². The number of amides is 1. The third kappa shape index (κ3) is 3.45. The molecule has 0 radical (unpaired) electrons. The average molecular weight is 360 g/mol. The molecule has 1 aliphatic heterocycles. The van der Waals surface area contributed by atoms with E-state index in [4.69, 9.17) is 14.2 Å². The molecule has 7 heteroatoms. The third-order valence-electron chi connectivity index (χ3n) is 4.25. The maximum atomic E-state index is 12.2. The number of aromatic nitrogens is 1. The molecule has 0 saturated carbocycles. The van der Waals surface area contributed by atoms with Crippen molar-refractivity contribution in [2.24, 2.45) is 0 Å². The second-order valence-corrected chi connectivity index (χ2v) is 7.29. The summed E-state index contributed by atoms with van der Waals surface area (Å²) in [5, 5.41) is 3.74. The monoisotopic (exact) mass is 360 g/mol. The highest BCUT2D eigenvalue weighted by atomic mass is 16.7. The lowest BCUT2D eigenvalue weighted by molar-refractivity contribution is -0.0816. The van der Waals surface area contributed by atoms with Crippen LogP contribution < -0.4 is 5.32 Å². The van der Waals surface area contributed by atoms with Gasteiger partial charge in [0.1, 0.15) is 18.5 Å². The summed E-state index contributed by atoms with van der Waals surface area (Å²) in [4.78, 5) is 24.0. The van der Waals surface area contributed by atoms with E-state index in [0.29, 0.717) is 12.1 Å². The number of nitrogens with one attached hydrogen (secondary N) is 1. The van der Waals surface area contributed by atoms with Crippen molar-refractivity contribution in [1.29, 1.82) is 0 Å². The standard InChI is InChI=1S/C19H24N2O5/c1-19(2,3)26-18(23)20-14-9-21-15-8-6-5-7-12(15)13(10-22)16(21)17(14)25-11-24-4/h5-8,10,14,17H,9,11H2,1-4H3,(H,20,23)/t14-,17-/m0/s1. The molecule has 0 unspecified atom stereocenters. The van der Waals surface area contributed by atoms with Crippen LogP contribution >= 0.6 is 0 Å². The predicted octanol–water partition coefficient (Wildman–Crippen LogP) is 3.02. The van der Waals surface area contributed by atoms with Gasteiger partial charge in [0.15, 0.2) is 6.29 Å². The summed E-state index contributed by atoms with van der Waals surface area (Å²) in [5.41, 5.74) is 1.67. The number of rotatable bonds is 5. The Morgan fingerprint density at radius 3 is 2.73 bits per heavy atom. The van der Waals surface area contributed by atoms with Crippen molar-refractivity contribution < 1.29 is 23.8 Å². The van der Waals surface area contributed by atoms with Crippen molar-refractivity contribution in [2.45, 2.75) is 45.1 Å². The van der Waals surface area contributed by atoms with Crippen LogP contribution in [0.4, 0.5) is 4.79 Å². The average Bonchev–Trinajstić information content (AvgIpc) is 3.05. The maximum absolute atomic E-state index is 12.2. The van der Waals surface area contributed by atoms with E-state index in [1.54, 1.807) is 0 Å². The van der Waals surface area contributed by atoms with Crippen LogP contribution in [0.1, 0.15) is 42.9 Å². The summed E-state index contributed by atoms with van der Waals surface area (Å²) in [6.07, 6.45) is -0.181. The van der Waals surface area contributed by atoms with Gasteiger partial charge in [-0.1, -0.05) is 18.2 Å². The summed E-state index contributed by atoms with van der Waals surface area (Å²) in [7, 11) is 1.53. The highest BCUT2D eigenvalue weighted by Gasteiger charge is 2.39. The molecule has 0 saturated heterocycles. The Labute approximate surface area is 152 Å². The molecule has 1 aromatic carbocycles. The van der Waals surface area contributed by atoms with Gasteiger partial charge in [0.2, 0.25) is 0 Å². The highest BCUT2D eigenvalue weighted by Crippen LogP contribution is 2.38. The molecule has 3 rings (SSSR count). The highest BCUT2D eigenvalue weighted by molar-refractivity contribution is 6.00. The van der Waals surface area contributed by atoms with Crippen LogP contribution in [0.15, 0.2) is 24.3 Å². The summed E-state index contributed by atoms with van der Waals surface area (Å²) >= 11 is 0. The first kappa shape index (κ1) is 18.4. The number of para-hydroxylation sites is 1. The maximum Gasteiger partial charge on any atom is 0.408 e. The number of nitrogens with zero attached hydrogens (tertiary/aromatic N) is 1. The topological polar surface area (TPSA) is 78.8 Å². The van der Waals surface area contributed by atoms with Crippen molar-refractivity contribution in [2.75, 3.05) is 13.9 Å². The lowest BCUT2D eigenvalue weighted by atomic mass is 10.1. The predicted molar refractivity (Wildman–Crippen MR) is 96.2 cm³/mol. The number of methoxy groups -OCH3 is 1. The number of hydrogen-bond donors (Lipinski definition) is 1. The minimum atomic E-state index is -0.596. The van der Waals surface area contributed by atoms with E-state index in [-0.39, 0.29) is 12.8 Å². The number of hydrogen-bond acceptors (Lipinski definition) is 5. The van der Waals surface area contributed by atoms with Crippen LogP contribution in [-0.2, 0) is 20.8 Å². The summed E-state index contributed by atoms with van der Waals surface area (Å²) in [6, 6.07) is 7.32. The number of fused-ring (bicyclic) bond motifs is 3. The van der Waals surface area contributed by atoms with Crippen LogP contribution in [0, 0.1) is 0 Å². The van der Waals surface area contributed by atoms with E-state index in [1.807, 2.05) is 49.6 Å². The minimum Gasteiger partial charge on any atom is -0.444 e. The number of benzene rings is 1. The normalized spacial score (nSPS) is 19.4. The zero-order chi connectivity index (χ0) is 18.9. The molecule has 0 aliphatic carbocycles. The lowest BCUT2D eigenvalue weighted by Crippen LogP contribution is -2.42. The molecule has 26 heavy (non-hydrogen) atoms. The fourth-order valence-corrected chi connectivity index (χ4v) is 3.38. The molecular formula is C19H24N2O5. The largest absolute Gasteiger partial charge is 0.444 e. The van der Waals surface area contributed by atoms with Crippen LogP contribution in [0.25, 0.3) is 10.9 Å².